The van der Waals surface area contributed by atoms with E-state index in [2.05, 4.69) is 41.1 Å². The molecule has 1 N–H and O–H groups in total. The molecule has 0 spiro atoms. The molecule has 0 aliphatic rings. The maximum Gasteiger partial charge on any atom is 0.178 e. The third kappa shape index (κ3) is 3.42. The first-order chi connectivity index (χ1) is 9.90. The first-order valence-corrected chi connectivity index (χ1v) is 7.42. The second-order valence-corrected chi connectivity index (χ2v) is 5.91. The van der Waals surface area contributed by atoms with Crippen molar-refractivity contribution in [2.45, 2.75) is 40.7 Å². The van der Waals surface area contributed by atoms with Crippen LogP contribution < -0.4 is 5.32 Å². The second kappa shape index (κ2) is 6.27. The van der Waals surface area contributed by atoms with Gasteiger partial charge in [-0.05, 0) is 39.0 Å². The van der Waals surface area contributed by atoms with E-state index >= 15 is 0 Å². The molecule has 112 valence electrons. The molecular formula is C18H24N2O. The summed E-state index contributed by atoms with van der Waals surface area (Å²) in [5.41, 5.74) is 5.24. The Balaban J connectivity index is 2.33. The molecular weight excluding hydrogens is 260 g/mol. The van der Waals surface area contributed by atoms with Crippen molar-refractivity contribution >= 4 is 5.78 Å². The number of hydrogen-bond donors (Lipinski definition) is 1. The van der Waals surface area contributed by atoms with Gasteiger partial charge in [0.1, 0.15) is 0 Å². The van der Waals surface area contributed by atoms with Crippen molar-refractivity contribution in [3.05, 3.63) is 52.8 Å². The van der Waals surface area contributed by atoms with Crippen molar-refractivity contribution in [3.63, 3.8) is 0 Å². The highest BCUT2D eigenvalue weighted by Gasteiger charge is 2.16. The van der Waals surface area contributed by atoms with Crippen LogP contribution in [0.15, 0.2) is 30.3 Å². The highest BCUT2D eigenvalue weighted by atomic mass is 16.1. The zero-order chi connectivity index (χ0) is 15.6. The fourth-order valence-corrected chi connectivity index (χ4v) is 2.53. The van der Waals surface area contributed by atoms with E-state index in [9.17, 15) is 4.79 Å². The van der Waals surface area contributed by atoms with E-state index in [1.54, 1.807) is 0 Å². The van der Waals surface area contributed by atoms with E-state index < -0.39 is 0 Å². The van der Waals surface area contributed by atoms with Crippen molar-refractivity contribution in [1.82, 2.24) is 9.88 Å². The lowest BCUT2D eigenvalue weighted by atomic mass is 10.1. The number of aromatic nitrogens is 1. The molecule has 0 bridgehead atoms. The molecule has 0 aliphatic carbocycles. The smallest absolute Gasteiger partial charge is 0.178 e. The van der Waals surface area contributed by atoms with Crippen molar-refractivity contribution in [1.29, 1.82) is 0 Å². The maximum atomic E-state index is 12.3. The lowest BCUT2D eigenvalue weighted by Gasteiger charge is -2.11. The lowest BCUT2D eigenvalue weighted by Crippen LogP contribution is -2.29. The van der Waals surface area contributed by atoms with Crippen LogP contribution in [0.4, 0.5) is 0 Å². The van der Waals surface area contributed by atoms with Crippen LogP contribution in [0.5, 0.6) is 0 Å². The number of nitrogens with one attached hydrogen (secondary N) is 1. The minimum atomic E-state index is 0.148. The van der Waals surface area contributed by atoms with Crippen LogP contribution in [0, 0.1) is 20.8 Å². The topological polar surface area (TPSA) is 34.0 Å². The van der Waals surface area contributed by atoms with Gasteiger partial charge < -0.3 is 9.88 Å². The van der Waals surface area contributed by atoms with Gasteiger partial charge in [-0.15, -0.1) is 0 Å². The zero-order valence-corrected chi connectivity index (χ0v) is 13.5. The van der Waals surface area contributed by atoms with Gasteiger partial charge in [-0.3, -0.25) is 4.79 Å². The standard InChI is InChI=1S/C18H24N2O/c1-12(2)19-11-18(21)17-10-14(4)20(15(17)5)16-8-6-13(3)7-9-16/h6-10,12,19H,11H2,1-5H3. The average molecular weight is 284 g/mol. The summed E-state index contributed by atoms with van der Waals surface area (Å²) >= 11 is 0. The second-order valence-electron chi connectivity index (χ2n) is 5.91. The van der Waals surface area contributed by atoms with Crippen LogP contribution in [0.25, 0.3) is 5.69 Å². The SMILES string of the molecule is Cc1ccc(-n2c(C)cc(C(=O)CNC(C)C)c2C)cc1. The van der Waals surface area contributed by atoms with Gasteiger partial charge in [-0.25, -0.2) is 0 Å². The Morgan fingerprint density at radius 3 is 2.33 bits per heavy atom. The maximum absolute atomic E-state index is 12.3. The van der Waals surface area contributed by atoms with Crippen LogP contribution in [-0.2, 0) is 0 Å². The molecule has 0 radical (unpaired) electrons. The molecule has 0 atom stereocenters. The molecule has 0 aliphatic heterocycles. The van der Waals surface area contributed by atoms with Crippen LogP contribution in [0.3, 0.4) is 0 Å². The van der Waals surface area contributed by atoms with Crippen molar-refractivity contribution in [2.24, 2.45) is 0 Å². The number of Topliss-reactive ketones (excluding diaryl/α,β-unsaturated/α-hetero) is 1. The first kappa shape index (κ1) is 15.5. The van der Waals surface area contributed by atoms with Gasteiger partial charge in [0.2, 0.25) is 0 Å². The summed E-state index contributed by atoms with van der Waals surface area (Å²) in [4.78, 5) is 12.3. The molecule has 2 aromatic rings. The third-order valence-corrected chi connectivity index (χ3v) is 3.69. The van der Waals surface area contributed by atoms with Gasteiger partial charge in [0.05, 0.1) is 6.54 Å². The van der Waals surface area contributed by atoms with Crippen LogP contribution in [0.1, 0.15) is 41.2 Å². The van der Waals surface area contributed by atoms with Crippen molar-refractivity contribution in [3.8, 4) is 5.69 Å². The summed E-state index contributed by atoms with van der Waals surface area (Å²) in [5.74, 6) is 0.148. The molecule has 0 unspecified atom stereocenters. The molecule has 1 heterocycles. The Labute approximate surface area is 127 Å². The van der Waals surface area contributed by atoms with Crippen LogP contribution in [0.2, 0.25) is 0 Å². The number of benzene rings is 1. The molecule has 0 fully saturated rings. The van der Waals surface area contributed by atoms with Crippen molar-refractivity contribution in [2.75, 3.05) is 6.54 Å². The molecule has 21 heavy (non-hydrogen) atoms. The quantitative estimate of drug-likeness (QED) is 0.851. The summed E-state index contributed by atoms with van der Waals surface area (Å²) in [6.45, 7) is 10.6. The van der Waals surface area contributed by atoms with E-state index in [-0.39, 0.29) is 5.78 Å². The minimum absolute atomic E-state index is 0.148. The van der Waals surface area contributed by atoms with E-state index in [4.69, 9.17) is 0 Å². The molecule has 0 saturated heterocycles. The lowest BCUT2D eigenvalue weighted by molar-refractivity contribution is 0.0988. The molecule has 0 amide bonds. The highest BCUT2D eigenvalue weighted by Crippen LogP contribution is 2.21. The minimum Gasteiger partial charge on any atom is -0.318 e. The van der Waals surface area contributed by atoms with E-state index in [0.29, 0.717) is 12.6 Å². The fraction of sp³-hybridized carbons (Fsp3) is 0.389. The van der Waals surface area contributed by atoms with E-state index in [1.165, 1.54) is 5.56 Å². The Hall–Kier alpha value is -1.87. The van der Waals surface area contributed by atoms with Gasteiger partial charge >= 0.3 is 0 Å². The van der Waals surface area contributed by atoms with Crippen LogP contribution in [-0.4, -0.2) is 22.9 Å². The Morgan fingerprint density at radius 1 is 1.14 bits per heavy atom. The van der Waals surface area contributed by atoms with Gasteiger partial charge in [0, 0.05) is 28.7 Å². The zero-order valence-electron chi connectivity index (χ0n) is 13.5. The predicted octanol–water partition coefficient (Wildman–Crippen LogP) is 3.58. The summed E-state index contributed by atoms with van der Waals surface area (Å²) in [7, 11) is 0. The molecule has 1 aromatic carbocycles. The average Bonchev–Trinajstić information content (AvgIpc) is 2.73. The summed E-state index contributed by atoms with van der Waals surface area (Å²) in [6.07, 6.45) is 0. The van der Waals surface area contributed by atoms with Gasteiger partial charge in [0.15, 0.2) is 5.78 Å². The van der Waals surface area contributed by atoms with E-state index in [0.717, 1.165) is 22.6 Å². The number of carbonyl (C=O) groups excluding carboxylic acids is 1. The fourth-order valence-electron chi connectivity index (χ4n) is 2.53. The Bertz CT molecular complexity index is 636. The van der Waals surface area contributed by atoms with Crippen LogP contribution >= 0.6 is 0 Å². The molecule has 2 rings (SSSR count). The Morgan fingerprint density at radius 2 is 1.76 bits per heavy atom. The van der Waals surface area contributed by atoms with Gasteiger partial charge in [0.25, 0.3) is 0 Å². The molecule has 0 saturated carbocycles. The predicted molar refractivity (Wildman–Crippen MR) is 87.4 cm³/mol. The first-order valence-electron chi connectivity index (χ1n) is 7.42. The van der Waals surface area contributed by atoms with Crippen molar-refractivity contribution < 1.29 is 4.79 Å². The van der Waals surface area contributed by atoms with Gasteiger partial charge in [-0.2, -0.15) is 0 Å². The largest absolute Gasteiger partial charge is 0.318 e. The molecule has 3 heteroatoms. The Kier molecular flexibility index (Phi) is 4.63. The number of nitrogens with zero attached hydrogens (tertiary/aromatic N) is 1. The molecule has 3 nitrogen and oxygen atoms in total. The number of rotatable bonds is 5. The van der Waals surface area contributed by atoms with E-state index in [1.807, 2.05) is 33.8 Å². The number of carbonyl (C=O) groups is 1. The third-order valence-electron chi connectivity index (χ3n) is 3.69. The highest BCUT2D eigenvalue weighted by molar-refractivity contribution is 5.99. The molecule has 1 aromatic heterocycles. The monoisotopic (exact) mass is 284 g/mol. The normalized spacial score (nSPS) is 11.1. The number of ketones is 1. The number of aryl methyl sites for hydroxylation is 2. The summed E-state index contributed by atoms with van der Waals surface area (Å²) < 4.78 is 2.14. The summed E-state index contributed by atoms with van der Waals surface area (Å²) in [6, 6.07) is 10.7. The number of hydrogen-bond acceptors (Lipinski definition) is 2. The summed E-state index contributed by atoms with van der Waals surface area (Å²) in [5, 5.41) is 3.19. The van der Waals surface area contributed by atoms with Gasteiger partial charge in [-0.1, -0.05) is 31.5 Å².